The molecule has 18 heavy (non-hydrogen) atoms. The van der Waals surface area contributed by atoms with E-state index in [1.807, 2.05) is 13.0 Å². The topological polar surface area (TPSA) is 13.1 Å². The summed E-state index contributed by atoms with van der Waals surface area (Å²) >= 11 is 6.48. The van der Waals surface area contributed by atoms with Crippen LogP contribution in [0.2, 0.25) is 0 Å². The first-order valence-electron chi connectivity index (χ1n) is 6.18. The zero-order valence-electron chi connectivity index (χ0n) is 11.3. The van der Waals surface area contributed by atoms with Crippen LogP contribution in [0, 0.1) is 6.92 Å². The van der Waals surface area contributed by atoms with Gasteiger partial charge in [-0.25, -0.2) is 0 Å². The first-order valence-corrected chi connectivity index (χ1v) is 6.62. The summed E-state index contributed by atoms with van der Waals surface area (Å²) in [4.78, 5) is 0. The number of furan rings is 1. The zero-order valence-corrected chi connectivity index (χ0v) is 12.1. The summed E-state index contributed by atoms with van der Waals surface area (Å²) in [5.74, 6) is 0.884. The first kappa shape index (κ1) is 13.2. The van der Waals surface area contributed by atoms with Crippen molar-refractivity contribution in [1.82, 2.24) is 0 Å². The molecule has 0 N–H and O–H groups in total. The van der Waals surface area contributed by atoms with Crippen molar-refractivity contribution in [3.8, 4) is 0 Å². The van der Waals surface area contributed by atoms with Crippen molar-refractivity contribution in [2.24, 2.45) is 0 Å². The number of benzene rings is 1. The lowest BCUT2D eigenvalue weighted by Gasteiger charge is -2.19. The Balaban J connectivity index is 2.28. The van der Waals surface area contributed by atoms with Crippen molar-refractivity contribution in [1.29, 1.82) is 0 Å². The minimum atomic E-state index is -0.141. The van der Waals surface area contributed by atoms with Crippen LogP contribution in [0.15, 0.2) is 41.0 Å². The Morgan fingerprint density at radius 3 is 2.11 bits per heavy atom. The Morgan fingerprint density at radius 2 is 1.67 bits per heavy atom. The monoisotopic (exact) mass is 262 g/mol. The van der Waals surface area contributed by atoms with Gasteiger partial charge in [-0.15, -0.1) is 11.6 Å². The Morgan fingerprint density at radius 1 is 1.06 bits per heavy atom. The minimum Gasteiger partial charge on any atom is -0.469 e. The second kappa shape index (κ2) is 4.81. The summed E-state index contributed by atoms with van der Waals surface area (Å²) in [5.41, 5.74) is 3.64. The maximum Gasteiger partial charge on any atom is 0.105 e. The molecular formula is C16H19ClO. The van der Waals surface area contributed by atoms with Crippen LogP contribution >= 0.6 is 11.6 Å². The summed E-state index contributed by atoms with van der Waals surface area (Å²) in [6, 6.07) is 10.4. The molecule has 0 saturated carbocycles. The van der Waals surface area contributed by atoms with Gasteiger partial charge in [0.2, 0.25) is 0 Å². The van der Waals surface area contributed by atoms with E-state index < -0.39 is 0 Å². The summed E-state index contributed by atoms with van der Waals surface area (Å²) in [6.45, 7) is 8.56. The Hall–Kier alpha value is -1.21. The molecule has 1 heterocycles. The number of rotatable bonds is 2. The van der Waals surface area contributed by atoms with E-state index in [1.54, 1.807) is 6.26 Å². The molecule has 2 rings (SSSR count). The molecule has 1 aromatic heterocycles. The highest BCUT2D eigenvalue weighted by Crippen LogP contribution is 2.32. The van der Waals surface area contributed by atoms with Crippen LogP contribution in [-0.4, -0.2) is 0 Å². The van der Waals surface area contributed by atoms with Crippen LogP contribution < -0.4 is 0 Å². The van der Waals surface area contributed by atoms with E-state index in [9.17, 15) is 0 Å². The third-order valence-corrected chi connectivity index (χ3v) is 3.73. The van der Waals surface area contributed by atoms with Gasteiger partial charge in [0.05, 0.1) is 11.6 Å². The summed E-state index contributed by atoms with van der Waals surface area (Å²) in [5, 5.41) is -0.141. The number of alkyl halides is 1. The second-order valence-corrected chi connectivity index (χ2v) is 6.10. The third-order valence-electron chi connectivity index (χ3n) is 3.24. The molecule has 1 atom stereocenters. The van der Waals surface area contributed by atoms with E-state index in [0.29, 0.717) is 0 Å². The highest BCUT2D eigenvalue weighted by molar-refractivity contribution is 6.22. The largest absolute Gasteiger partial charge is 0.469 e. The van der Waals surface area contributed by atoms with Crippen molar-refractivity contribution in [3.05, 3.63) is 59.0 Å². The molecule has 1 aromatic carbocycles. The zero-order chi connectivity index (χ0) is 13.3. The lowest BCUT2D eigenvalue weighted by Crippen LogP contribution is -2.10. The van der Waals surface area contributed by atoms with Crippen LogP contribution in [0.25, 0.3) is 0 Å². The molecule has 0 saturated heterocycles. The van der Waals surface area contributed by atoms with E-state index in [4.69, 9.17) is 16.0 Å². The molecule has 1 unspecified atom stereocenters. The maximum atomic E-state index is 6.48. The molecule has 0 radical (unpaired) electrons. The summed E-state index contributed by atoms with van der Waals surface area (Å²) < 4.78 is 5.30. The standard InChI is InChI=1S/C16H19ClO/c1-11-14(9-10-18-11)15(17)12-5-7-13(8-6-12)16(2,3)4/h5-10,15H,1-4H3. The second-order valence-electron chi connectivity index (χ2n) is 5.67. The van der Waals surface area contributed by atoms with Gasteiger partial charge in [-0.3, -0.25) is 0 Å². The number of hydrogen-bond donors (Lipinski definition) is 0. The van der Waals surface area contributed by atoms with Crippen LogP contribution in [0.4, 0.5) is 0 Å². The van der Waals surface area contributed by atoms with Gasteiger partial charge in [0.1, 0.15) is 5.76 Å². The average Bonchev–Trinajstić information content (AvgIpc) is 2.73. The highest BCUT2D eigenvalue weighted by atomic mass is 35.5. The molecule has 2 heteroatoms. The maximum absolute atomic E-state index is 6.48. The van der Waals surface area contributed by atoms with E-state index >= 15 is 0 Å². The molecule has 0 aliphatic carbocycles. The van der Waals surface area contributed by atoms with Gasteiger partial charge in [0.15, 0.2) is 0 Å². The quantitative estimate of drug-likeness (QED) is 0.677. The molecule has 0 aliphatic rings. The SMILES string of the molecule is Cc1occc1C(Cl)c1ccc(C(C)(C)C)cc1. The van der Waals surface area contributed by atoms with Gasteiger partial charge in [0.25, 0.3) is 0 Å². The molecule has 0 spiro atoms. The number of halogens is 1. The highest BCUT2D eigenvalue weighted by Gasteiger charge is 2.17. The van der Waals surface area contributed by atoms with Gasteiger partial charge in [-0.2, -0.15) is 0 Å². The van der Waals surface area contributed by atoms with Gasteiger partial charge < -0.3 is 4.42 Å². The molecular weight excluding hydrogens is 244 g/mol. The number of hydrogen-bond acceptors (Lipinski definition) is 1. The Labute approximate surface area is 114 Å². The average molecular weight is 263 g/mol. The van der Waals surface area contributed by atoms with Gasteiger partial charge in [-0.05, 0) is 29.5 Å². The lowest BCUT2D eigenvalue weighted by atomic mass is 9.86. The normalized spacial score (nSPS) is 13.6. The molecule has 2 aromatic rings. The van der Waals surface area contributed by atoms with Crippen LogP contribution in [0.1, 0.15) is 48.6 Å². The molecule has 0 bridgehead atoms. The number of aryl methyl sites for hydroxylation is 1. The fourth-order valence-corrected chi connectivity index (χ4v) is 2.36. The van der Waals surface area contributed by atoms with Crippen molar-refractivity contribution in [2.45, 2.75) is 38.5 Å². The van der Waals surface area contributed by atoms with E-state index in [-0.39, 0.29) is 10.8 Å². The Bertz CT molecular complexity index is 517. The van der Waals surface area contributed by atoms with E-state index in [2.05, 4.69) is 45.0 Å². The van der Waals surface area contributed by atoms with Crippen molar-refractivity contribution >= 4 is 11.6 Å². The molecule has 0 amide bonds. The van der Waals surface area contributed by atoms with Crippen LogP contribution in [-0.2, 0) is 5.41 Å². The van der Waals surface area contributed by atoms with Crippen molar-refractivity contribution in [2.75, 3.05) is 0 Å². The van der Waals surface area contributed by atoms with Crippen molar-refractivity contribution in [3.63, 3.8) is 0 Å². The van der Waals surface area contributed by atoms with Crippen LogP contribution in [0.5, 0.6) is 0 Å². The van der Waals surface area contributed by atoms with E-state index in [0.717, 1.165) is 16.9 Å². The smallest absolute Gasteiger partial charge is 0.105 e. The van der Waals surface area contributed by atoms with Crippen molar-refractivity contribution < 1.29 is 4.42 Å². The predicted octanol–water partition coefficient (Wildman–Crippen LogP) is 5.21. The first-order chi connectivity index (χ1) is 8.39. The van der Waals surface area contributed by atoms with Crippen LogP contribution in [0.3, 0.4) is 0 Å². The van der Waals surface area contributed by atoms with Gasteiger partial charge >= 0.3 is 0 Å². The Kier molecular flexibility index (Phi) is 3.54. The fourth-order valence-electron chi connectivity index (χ4n) is 1.99. The summed E-state index contributed by atoms with van der Waals surface area (Å²) in [6.07, 6.45) is 1.68. The third kappa shape index (κ3) is 2.62. The minimum absolute atomic E-state index is 0.141. The van der Waals surface area contributed by atoms with Gasteiger partial charge in [0, 0.05) is 5.56 Å². The molecule has 96 valence electrons. The van der Waals surface area contributed by atoms with Gasteiger partial charge in [-0.1, -0.05) is 45.0 Å². The lowest BCUT2D eigenvalue weighted by molar-refractivity contribution is 0.530. The summed E-state index contributed by atoms with van der Waals surface area (Å²) in [7, 11) is 0. The molecule has 0 fully saturated rings. The van der Waals surface area contributed by atoms with E-state index in [1.165, 1.54) is 5.56 Å². The molecule has 1 nitrogen and oxygen atoms in total. The predicted molar refractivity (Wildman–Crippen MR) is 76.3 cm³/mol. The fraction of sp³-hybridized carbons (Fsp3) is 0.375. The molecule has 0 aliphatic heterocycles.